The number of carbonyl (C=O) groups excluding carboxylic acids is 1. The first-order valence-electron chi connectivity index (χ1n) is 3.71. The second kappa shape index (κ2) is 4.22. The molecule has 6 nitrogen and oxygen atoms in total. The van der Waals surface area contributed by atoms with E-state index < -0.39 is 5.97 Å². The fourth-order valence-corrected chi connectivity index (χ4v) is 0.878. The van der Waals surface area contributed by atoms with Gasteiger partial charge in [-0.1, -0.05) is 0 Å². The van der Waals surface area contributed by atoms with Crippen LogP contribution >= 0.6 is 0 Å². The molecule has 0 amide bonds. The molecule has 0 atom stereocenters. The van der Waals surface area contributed by atoms with Gasteiger partial charge in [-0.25, -0.2) is 4.79 Å². The molecule has 0 saturated carbocycles. The predicted molar refractivity (Wildman–Crippen MR) is 46.6 cm³/mol. The number of nitrogens with one attached hydrogen (secondary N) is 1. The third-order valence-electron chi connectivity index (χ3n) is 1.49. The Morgan fingerprint density at radius 1 is 1.71 bits per heavy atom. The molecule has 0 spiro atoms. The van der Waals surface area contributed by atoms with Crippen molar-refractivity contribution in [2.24, 2.45) is 0 Å². The molecule has 0 fully saturated rings. The summed E-state index contributed by atoms with van der Waals surface area (Å²) >= 11 is 0. The van der Waals surface area contributed by atoms with Crippen molar-refractivity contribution in [3.05, 3.63) is 17.8 Å². The minimum Gasteiger partial charge on any atom is -0.478 e. The van der Waals surface area contributed by atoms with E-state index >= 15 is 0 Å². The molecule has 0 bridgehead atoms. The minimum atomic E-state index is -1.05. The smallest absolute Gasteiger partial charge is 0.328 e. The van der Waals surface area contributed by atoms with Gasteiger partial charge in [0.15, 0.2) is 0 Å². The summed E-state index contributed by atoms with van der Waals surface area (Å²) in [6.45, 7) is 1.85. The molecule has 1 aromatic rings. The lowest BCUT2D eigenvalue weighted by molar-refractivity contribution is -0.131. The summed E-state index contributed by atoms with van der Waals surface area (Å²) in [6.07, 6.45) is 1.03. The van der Waals surface area contributed by atoms with Gasteiger partial charge >= 0.3 is 5.97 Å². The van der Waals surface area contributed by atoms with E-state index in [4.69, 9.17) is 5.11 Å². The first-order valence-corrected chi connectivity index (χ1v) is 3.71. The number of aromatic nitrogens is 2. The largest absolute Gasteiger partial charge is 0.478 e. The molecular formula is C8H8N2O4. The van der Waals surface area contributed by atoms with Crippen molar-refractivity contribution in [1.82, 2.24) is 10.2 Å². The number of carbonyl (C=O) groups is 2. The number of aromatic amines is 1. The number of hydrogen-bond acceptors (Lipinski definition) is 4. The van der Waals surface area contributed by atoms with Crippen LogP contribution in [0.1, 0.15) is 12.6 Å². The second-order valence-corrected chi connectivity index (χ2v) is 2.50. The van der Waals surface area contributed by atoms with Gasteiger partial charge in [0, 0.05) is 12.1 Å². The molecule has 0 saturated heterocycles. The fraction of sp³-hybridized carbons (Fsp3) is 0.125. The second-order valence-electron chi connectivity index (χ2n) is 2.50. The molecule has 6 heteroatoms. The number of allylic oxidation sites excluding steroid dienone is 1. The number of H-pyrrole nitrogens is 1. The standard InChI is InChI=1S/C8H8N2O4/c1-5(2-8(12)13)6-3-7(10-9-6)14-4-11/h2-4H,1H3,(H,9,10)(H,12,13)/b5-2+. The number of carboxylic acid groups (broad SMARTS) is 1. The Morgan fingerprint density at radius 2 is 2.43 bits per heavy atom. The molecule has 74 valence electrons. The number of rotatable bonds is 4. The summed E-state index contributed by atoms with van der Waals surface area (Å²) in [5.74, 6) is -0.942. The Morgan fingerprint density at radius 3 is 3.00 bits per heavy atom. The highest BCUT2D eigenvalue weighted by Crippen LogP contribution is 2.15. The van der Waals surface area contributed by atoms with Crippen LogP contribution in [0.15, 0.2) is 12.1 Å². The van der Waals surface area contributed by atoms with Gasteiger partial charge in [-0.2, -0.15) is 0 Å². The van der Waals surface area contributed by atoms with Gasteiger partial charge in [0.2, 0.25) is 5.88 Å². The lowest BCUT2D eigenvalue weighted by atomic mass is 10.2. The first kappa shape index (κ1) is 9.97. The van der Waals surface area contributed by atoms with Crippen LogP contribution in [0.4, 0.5) is 0 Å². The normalized spacial score (nSPS) is 11.1. The summed E-state index contributed by atoms with van der Waals surface area (Å²) in [7, 11) is 0. The van der Waals surface area contributed by atoms with Gasteiger partial charge in [-0.15, -0.1) is 5.10 Å². The van der Waals surface area contributed by atoms with Crippen LogP contribution in [0, 0.1) is 0 Å². The quantitative estimate of drug-likeness (QED) is 0.538. The third-order valence-corrected chi connectivity index (χ3v) is 1.49. The van der Waals surface area contributed by atoms with Crippen molar-refractivity contribution >= 4 is 18.0 Å². The number of nitrogens with zero attached hydrogens (tertiary/aromatic N) is 1. The fourth-order valence-electron chi connectivity index (χ4n) is 0.878. The summed E-state index contributed by atoms with van der Waals surface area (Å²) < 4.78 is 4.44. The van der Waals surface area contributed by atoms with E-state index in [1.807, 2.05) is 0 Å². The molecule has 14 heavy (non-hydrogen) atoms. The predicted octanol–water partition coefficient (Wildman–Crippen LogP) is 0.433. The van der Waals surface area contributed by atoms with Gasteiger partial charge < -0.3 is 9.84 Å². The van der Waals surface area contributed by atoms with Crippen LogP contribution in [-0.4, -0.2) is 27.7 Å². The highest BCUT2D eigenvalue weighted by Gasteiger charge is 2.04. The Kier molecular flexibility index (Phi) is 3.01. The summed E-state index contributed by atoms with van der Waals surface area (Å²) in [5, 5.41) is 14.6. The molecular weight excluding hydrogens is 188 g/mol. The Bertz CT molecular complexity index is 380. The molecule has 2 N–H and O–H groups in total. The molecule has 1 heterocycles. The van der Waals surface area contributed by atoms with E-state index in [0.717, 1.165) is 6.08 Å². The average Bonchev–Trinajstić information content (AvgIpc) is 2.52. The lowest BCUT2D eigenvalue weighted by Crippen LogP contribution is -1.90. The van der Waals surface area contributed by atoms with Crippen LogP contribution in [-0.2, 0) is 9.59 Å². The number of carboxylic acids is 1. The molecule has 0 unspecified atom stereocenters. The zero-order chi connectivity index (χ0) is 10.6. The van der Waals surface area contributed by atoms with Gasteiger partial charge in [0.1, 0.15) is 0 Å². The Balaban J connectivity index is 2.85. The third kappa shape index (κ3) is 2.44. The number of aliphatic carboxylic acids is 1. The van der Waals surface area contributed by atoms with Crippen LogP contribution < -0.4 is 4.74 Å². The van der Waals surface area contributed by atoms with Gasteiger partial charge in [0.25, 0.3) is 6.47 Å². The van der Waals surface area contributed by atoms with E-state index in [-0.39, 0.29) is 12.4 Å². The zero-order valence-electron chi connectivity index (χ0n) is 7.35. The van der Waals surface area contributed by atoms with E-state index in [2.05, 4.69) is 14.9 Å². The van der Waals surface area contributed by atoms with Crippen molar-refractivity contribution in [2.75, 3.05) is 0 Å². The molecule has 0 aromatic carbocycles. The molecule has 0 aliphatic carbocycles. The highest BCUT2D eigenvalue weighted by atomic mass is 16.5. The van der Waals surface area contributed by atoms with Gasteiger partial charge in [-0.05, 0) is 12.5 Å². The van der Waals surface area contributed by atoms with Crippen LogP contribution in [0.3, 0.4) is 0 Å². The monoisotopic (exact) mass is 196 g/mol. The van der Waals surface area contributed by atoms with Gasteiger partial charge in [-0.3, -0.25) is 9.89 Å². The topological polar surface area (TPSA) is 92.3 Å². The summed E-state index contributed by atoms with van der Waals surface area (Å²) in [5.41, 5.74) is 0.981. The molecule has 1 aromatic heterocycles. The van der Waals surface area contributed by atoms with Crippen molar-refractivity contribution in [2.45, 2.75) is 6.92 Å². The summed E-state index contributed by atoms with van der Waals surface area (Å²) in [6, 6.07) is 1.43. The molecule has 1 rings (SSSR count). The Labute approximate surface area is 79.2 Å². The van der Waals surface area contributed by atoms with Crippen LogP contribution in [0.2, 0.25) is 0 Å². The van der Waals surface area contributed by atoms with E-state index in [0.29, 0.717) is 11.3 Å². The SMILES string of the molecule is C/C(=C\C(=O)O)c1cc(OC=O)n[nH]1. The zero-order valence-corrected chi connectivity index (χ0v) is 7.35. The Hall–Kier alpha value is -2.11. The van der Waals surface area contributed by atoms with Crippen molar-refractivity contribution in [3.8, 4) is 5.88 Å². The van der Waals surface area contributed by atoms with E-state index in [1.54, 1.807) is 6.92 Å². The molecule has 0 aliphatic rings. The molecule has 0 radical (unpaired) electrons. The summed E-state index contributed by atoms with van der Waals surface area (Å²) in [4.78, 5) is 20.3. The van der Waals surface area contributed by atoms with Crippen LogP contribution in [0.5, 0.6) is 5.88 Å². The average molecular weight is 196 g/mol. The maximum Gasteiger partial charge on any atom is 0.328 e. The lowest BCUT2D eigenvalue weighted by Gasteiger charge is -1.91. The van der Waals surface area contributed by atoms with Crippen molar-refractivity contribution in [1.29, 1.82) is 0 Å². The first-order chi connectivity index (χ1) is 6.63. The maximum atomic E-state index is 10.3. The van der Waals surface area contributed by atoms with Gasteiger partial charge in [0.05, 0.1) is 5.69 Å². The van der Waals surface area contributed by atoms with Crippen LogP contribution in [0.25, 0.3) is 5.57 Å². The highest BCUT2D eigenvalue weighted by molar-refractivity contribution is 5.88. The van der Waals surface area contributed by atoms with E-state index in [9.17, 15) is 9.59 Å². The van der Waals surface area contributed by atoms with Crippen molar-refractivity contribution in [3.63, 3.8) is 0 Å². The van der Waals surface area contributed by atoms with Crippen molar-refractivity contribution < 1.29 is 19.4 Å². The maximum absolute atomic E-state index is 10.3. The minimum absolute atomic E-state index is 0.105. The van der Waals surface area contributed by atoms with E-state index in [1.165, 1.54) is 6.07 Å². The number of hydrogen-bond donors (Lipinski definition) is 2. The number of ether oxygens (including phenoxy) is 1. The molecule has 0 aliphatic heterocycles.